The Hall–Kier alpha value is -1.56. The van der Waals surface area contributed by atoms with Crippen molar-refractivity contribution < 1.29 is 27.4 Å². The van der Waals surface area contributed by atoms with Crippen LogP contribution in [0.3, 0.4) is 0 Å². The van der Waals surface area contributed by atoms with Crippen LogP contribution < -0.4 is 0 Å². The van der Waals surface area contributed by atoms with Crippen LogP contribution in [0.2, 0.25) is 0 Å². The Kier molecular flexibility index (Phi) is 6.68. The van der Waals surface area contributed by atoms with E-state index in [-0.39, 0.29) is 11.5 Å². The van der Waals surface area contributed by atoms with Crippen LogP contribution in [-0.4, -0.2) is 24.4 Å². The molecule has 0 fully saturated rings. The highest BCUT2D eigenvalue weighted by molar-refractivity contribution is 5.71. The van der Waals surface area contributed by atoms with Gasteiger partial charge in [0.25, 0.3) is 0 Å². The maximum Gasteiger partial charge on any atom is 0.421 e. The third kappa shape index (κ3) is 5.73. The quantitative estimate of drug-likeness (QED) is 0.643. The van der Waals surface area contributed by atoms with Gasteiger partial charge in [0, 0.05) is 0 Å². The number of hydrogen-bond donors (Lipinski definition) is 0. The van der Waals surface area contributed by atoms with Crippen molar-refractivity contribution in [3.8, 4) is 0 Å². The molecule has 1 rings (SSSR count). The molecule has 1 aromatic carbocycles. The van der Waals surface area contributed by atoms with Crippen molar-refractivity contribution in [1.82, 2.24) is 0 Å². The van der Waals surface area contributed by atoms with Gasteiger partial charge in [-0.15, -0.1) is 0 Å². The molecule has 0 radical (unpaired) electrons. The van der Waals surface area contributed by atoms with E-state index in [1.807, 2.05) is 13.8 Å². The highest BCUT2D eigenvalue weighted by Crippen LogP contribution is 2.42. The minimum atomic E-state index is -4.67. The van der Waals surface area contributed by atoms with E-state index in [9.17, 15) is 18.0 Å². The van der Waals surface area contributed by atoms with Gasteiger partial charge in [0.05, 0.1) is 0 Å². The lowest BCUT2D eigenvalue weighted by molar-refractivity contribution is -0.278. The molecule has 0 saturated heterocycles. The third-order valence-corrected chi connectivity index (χ3v) is 4.08. The minimum absolute atomic E-state index is 0.0457. The molecule has 2 atom stereocenters. The monoisotopic (exact) mass is 360 g/mol. The second kappa shape index (κ2) is 7.77. The molecule has 0 spiro atoms. The van der Waals surface area contributed by atoms with Gasteiger partial charge >= 0.3 is 12.1 Å². The van der Waals surface area contributed by atoms with Gasteiger partial charge in [-0.1, -0.05) is 38.1 Å². The lowest BCUT2D eigenvalue weighted by Crippen LogP contribution is -2.43. The Morgan fingerprint density at radius 3 is 2.00 bits per heavy atom. The molecule has 0 N–H and O–H groups in total. The zero-order valence-electron chi connectivity index (χ0n) is 15.7. The molecule has 25 heavy (non-hydrogen) atoms. The molecule has 0 aliphatic heterocycles. The first-order chi connectivity index (χ1) is 11.3. The molecule has 0 saturated carbocycles. The smallest absolute Gasteiger partial charge is 0.421 e. The fraction of sp³-hybridized carbons (Fsp3) is 0.632. The summed E-state index contributed by atoms with van der Waals surface area (Å²) in [6, 6.07) is 6.16. The standard InChI is InChI=1S/C19H27F3O3/c1-7-13(2)14-8-10-15(11-9-14)18(6,19(20,21)22)24-12-16(23)25-17(3,4)5/h8-11,13H,7,12H2,1-6H3. The van der Waals surface area contributed by atoms with E-state index in [4.69, 9.17) is 9.47 Å². The summed E-state index contributed by atoms with van der Waals surface area (Å²) in [6.07, 6.45) is -3.78. The highest BCUT2D eigenvalue weighted by atomic mass is 19.4. The Bertz CT molecular complexity index is 573. The fourth-order valence-corrected chi connectivity index (χ4v) is 2.27. The summed E-state index contributed by atoms with van der Waals surface area (Å²) in [4.78, 5) is 11.7. The summed E-state index contributed by atoms with van der Waals surface area (Å²) < 4.78 is 50.9. The molecule has 1 aromatic rings. The maximum atomic E-state index is 13.6. The summed E-state index contributed by atoms with van der Waals surface area (Å²) >= 11 is 0. The number of ether oxygens (including phenoxy) is 2. The summed E-state index contributed by atoms with van der Waals surface area (Å²) in [5.41, 5.74) is -2.45. The van der Waals surface area contributed by atoms with Crippen LogP contribution in [0.1, 0.15) is 65.0 Å². The van der Waals surface area contributed by atoms with Gasteiger partial charge in [-0.05, 0) is 51.2 Å². The lowest BCUT2D eigenvalue weighted by atomic mass is 9.91. The molecule has 3 nitrogen and oxygen atoms in total. The zero-order chi connectivity index (χ0) is 19.5. The van der Waals surface area contributed by atoms with Gasteiger partial charge in [-0.3, -0.25) is 0 Å². The van der Waals surface area contributed by atoms with Gasteiger partial charge in [-0.25, -0.2) is 4.79 Å². The summed E-state index contributed by atoms with van der Waals surface area (Å²) in [5.74, 6) is -0.576. The zero-order valence-corrected chi connectivity index (χ0v) is 15.7. The van der Waals surface area contributed by atoms with Crippen molar-refractivity contribution in [2.24, 2.45) is 0 Å². The van der Waals surface area contributed by atoms with E-state index in [1.54, 1.807) is 32.9 Å². The van der Waals surface area contributed by atoms with Gasteiger partial charge < -0.3 is 9.47 Å². The first-order valence-electron chi connectivity index (χ1n) is 8.33. The lowest BCUT2D eigenvalue weighted by Gasteiger charge is -2.33. The molecule has 0 aliphatic carbocycles. The molecule has 0 heterocycles. The second-order valence-electron chi connectivity index (χ2n) is 7.34. The van der Waals surface area contributed by atoms with Crippen molar-refractivity contribution in [3.63, 3.8) is 0 Å². The van der Waals surface area contributed by atoms with Crippen LogP contribution in [-0.2, 0) is 19.9 Å². The van der Waals surface area contributed by atoms with E-state index in [2.05, 4.69) is 0 Å². The number of alkyl halides is 3. The number of esters is 1. The average Bonchev–Trinajstić information content (AvgIpc) is 2.49. The van der Waals surface area contributed by atoms with E-state index in [1.165, 1.54) is 12.1 Å². The van der Waals surface area contributed by atoms with Gasteiger partial charge in [-0.2, -0.15) is 13.2 Å². The van der Waals surface area contributed by atoms with Gasteiger partial charge in [0.15, 0.2) is 5.60 Å². The van der Waals surface area contributed by atoms with Crippen molar-refractivity contribution >= 4 is 5.97 Å². The molecule has 0 aromatic heterocycles. The number of rotatable bonds is 6. The van der Waals surface area contributed by atoms with Gasteiger partial charge in [0.1, 0.15) is 12.2 Å². The van der Waals surface area contributed by atoms with E-state index < -0.39 is 30.0 Å². The molecule has 0 aliphatic rings. The van der Waals surface area contributed by atoms with E-state index in [0.29, 0.717) is 0 Å². The van der Waals surface area contributed by atoms with Crippen LogP contribution in [0.25, 0.3) is 0 Å². The normalized spacial score (nSPS) is 16.2. The third-order valence-electron chi connectivity index (χ3n) is 4.08. The Labute approximate surface area is 147 Å². The molecule has 0 amide bonds. The van der Waals surface area contributed by atoms with Crippen LogP contribution in [0.5, 0.6) is 0 Å². The number of hydrogen-bond acceptors (Lipinski definition) is 3. The number of carbonyl (C=O) groups excluding carboxylic acids is 1. The van der Waals surface area contributed by atoms with E-state index in [0.717, 1.165) is 18.9 Å². The van der Waals surface area contributed by atoms with Crippen molar-refractivity contribution in [3.05, 3.63) is 35.4 Å². The fourth-order valence-electron chi connectivity index (χ4n) is 2.27. The SMILES string of the molecule is CCC(C)c1ccc(C(C)(OCC(=O)OC(C)(C)C)C(F)(F)F)cc1. The Morgan fingerprint density at radius 2 is 1.60 bits per heavy atom. The minimum Gasteiger partial charge on any atom is -0.458 e. The van der Waals surface area contributed by atoms with Gasteiger partial charge in [0.2, 0.25) is 0 Å². The van der Waals surface area contributed by atoms with Crippen LogP contribution >= 0.6 is 0 Å². The molecular formula is C19H27F3O3. The van der Waals surface area contributed by atoms with Crippen LogP contribution in [0, 0.1) is 0 Å². The number of halogens is 3. The average molecular weight is 360 g/mol. The summed E-state index contributed by atoms with van der Waals surface area (Å²) in [5, 5.41) is 0. The number of carbonyl (C=O) groups is 1. The predicted molar refractivity (Wildman–Crippen MR) is 90.4 cm³/mol. The topological polar surface area (TPSA) is 35.5 Å². The first kappa shape index (κ1) is 21.5. The Morgan fingerprint density at radius 1 is 1.08 bits per heavy atom. The van der Waals surface area contributed by atoms with Crippen molar-refractivity contribution in [1.29, 1.82) is 0 Å². The first-order valence-corrected chi connectivity index (χ1v) is 8.33. The maximum absolute atomic E-state index is 13.6. The van der Waals surface area contributed by atoms with E-state index >= 15 is 0 Å². The molecule has 142 valence electrons. The summed E-state index contributed by atoms with van der Waals surface area (Å²) in [6.45, 7) is 9.10. The second-order valence-corrected chi connectivity index (χ2v) is 7.34. The number of benzene rings is 1. The Balaban J connectivity index is 3.02. The highest BCUT2D eigenvalue weighted by Gasteiger charge is 2.54. The van der Waals surface area contributed by atoms with Crippen molar-refractivity contribution in [2.45, 2.75) is 71.3 Å². The van der Waals surface area contributed by atoms with Crippen molar-refractivity contribution in [2.75, 3.05) is 6.61 Å². The summed E-state index contributed by atoms with van der Waals surface area (Å²) in [7, 11) is 0. The molecule has 2 unspecified atom stereocenters. The molecule has 6 heteroatoms. The molecular weight excluding hydrogens is 333 g/mol. The van der Waals surface area contributed by atoms with Crippen LogP contribution in [0.4, 0.5) is 13.2 Å². The molecule has 0 bridgehead atoms. The predicted octanol–water partition coefficient (Wildman–Crippen LogP) is 5.34. The largest absolute Gasteiger partial charge is 0.458 e. The van der Waals surface area contributed by atoms with Crippen LogP contribution in [0.15, 0.2) is 24.3 Å².